The molecule has 1 atom stereocenters. The molecule has 0 saturated carbocycles. The number of hydrogen-bond donors (Lipinski definition) is 0. The Labute approximate surface area is 79.6 Å². The summed E-state index contributed by atoms with van der Waals surface area (Å²) in [6.07, 6.45) is 1.06. The number of alkyl halides is 1. The zero-order valence-electron chi connectivity index (χ0n) is 7.68. The van der Waals surface area contributed by atoms with E-state index in [0.717, 1.165) is 12.3 Å². The van der Waals surface area contributed by atoms with E-state index in [2.05, 4.69) is 38.1 Å². The predicted molar refractivity (Wildman–Crippen MR) is 54.9 cm³/mol. The van der Waals surface area contributed by atoms with Gasteiger partial charge < -0.3 is 0 Å². The summed E-state index contributed by atoms with van der Waals surface area (Å²) in [7, 11) is 0. The van der Waals surface area contributed by atoms with Crippen LogP contribution in [0.4, 0.5) is 0 Å². The van der Waals surface area contributed by atoms with Gasteiger partial charge in [-0.15, -0.1) is 11.6 Å². The van der Waals surface area contributed by atoms with Gasteiger partial charge in [0.2, 0.25) is 0 Å². The molecular weight excluding hydrogens is 168 g/mol. The second-order valence-corrected chi connectivity index (χ2v) is 3.61. The van der Waals surface area contributed by atoms with Gasteiger partial charge in [-0.1, -0.05) is 31.2 Å². The number of halogens is 1. The first-order valence-corrected chi connectivity index (χ1v) is 4.90. The lowest BCUT2D eigenvalue weighted by Gasteiger charge is -2.12. The minimum Gasteiger partial charge on any atom is -0.127 e. The quantitative estimate of drug-likeness (QED) is 0.625. The van der Waals surface area contributed by atoms with Crippen molar-refractivity contribution >= 4 is 11.6 Å². The van der Waals surface area contributed by atoms with Crippen molar-refractivity contribution in [3.05, 3.63) is 35.4 Å². The van der Waals surface area contributed by atoms with Crippen LogP contribution in [0.25, 0.3) is 0 Å². The summed E-state index contributed by atoms with van der Waals surface area (Å²) in [6, 6.07) is 8.51. The highest BCUT2D eigenvalue weighted by Crippen LogP contribution is 2.22. The summed E-state index contributed by atoms with van der Waals surface area (Å²) in [4.78, 5) is 0. The molecule has 0 aliphatic carbocycles. The average Bonchev–Trinajstić information content (AvgIpc) is 2.05. The minimum atomic E-state index is 0.587. The Hall–Kier alpha value is -0.490. The molecule has 0 fully saturated rings. The van der Waals surface area contributed by atoms with E-state index in [1.54, 1.807) is 0 Å². The predicted octanol–water partition coefficient (Wildman–Crippen LogP) is 3.73. The number of aryl methyl sites for hydroxylation is 1. The largest absolute Gasteiger partial charge is 0.127 e. The number of benzene rings is 1. The first-order chi connectivity index (χ1) is 5.75. The molecule has 0 saturated heterocycles. The Balaban J connectivity index is 2.79. The Morgan fingerprint density at radius 1 is 1.33 bits per heavy atom. The maximum Gasteiger partial charge on any atom is 0.0229 e. The van der Waals surface area contributed by atoms with E-state index in [0.29, 0.717) is 5.92 Å². The van der Waals surface area contributed by atoms with Crippen molar-refractivity contribution in [1.82, 2.24) is 0 Å². The van der Waals surface area contributed by atoms with Crippen LogP contribution in [0.5, 0.6) is 0 Å². The van der Waals surface area contributed by atoms with Gasteiger partial charge in [0.1, 0.15) is 0 Å². The van der Waals surface area contributed by atoms with Gasteiger partial charge in [0.15, 0.2) is 0 Å². The fraction of sp³-hybridized carbons (Fsp3) is 0.455. The third-order valence-electron chi connectivity index (χ3n) is 2.26. The molecule has 0 spiro atoms. The van der Waals surface area contributed by atoms with Gasteiger partial charge in [0.05, 0.1) is 0 Å². The first kappa shape index (κ1) is 9.60. The van der Waals surface area contributed by atoms with Crippen LogP contribution in [-0.4, -0.2) is 5.88 Å². The maximum absolute atomic E-state index is 5.70. The molecule has 0 aliphatic heterocycles. The molecule has 12 heavy (non-hydrogen) atoms. The van der Waals surface area contributed by atoms with E-state index in [1.807, 2.05) is 0 Å². The molecule has 1 aromatic carbocycles. The van der Waals surface area contributed by atoms with E-state index >= 15 is 0 Å². The van der Waals surface area contributed by atoms with Crippen LogP contribution in [0.2, 0.25) is 0 Å². The molecule has 0 nitrogen and oxygen atoms in total. The van der Waals surface area contributed by atoms with Crippen LogP contribution in [-0.2, 0) is 0 Å². The van der Waals surface area contributed by atoms with E-state index in [9.17, 15) is 0 Å². The Morgan fingerprint density at radius 3 is 2.58 bits per heavy atom. The second-order valence-electron chi connectivity index (χ2n) is 3.24. The van der Waals surface area contributed by atoms with E-state index < -0.39 is 0 Å². The average molecular weight is 183 g/mol. The monoisotopic (exact) mass is 182 g/mol. The van der Waals surface area contributed by atoms with Crippen LogP contribution in [0, 0.1) is 6.92 Å². The molecule has 1 aromatic rings. The van der Waals surface area contributed by atoms with Gasteiger partial charge in [-0.25, -0.2) is 0 Å². The topological polar surface area (TPSA) is 0 Å². The summed E-state index contributed by atoms with van der Waals surface area (Å²) in [5.74, 6) is 1.33. The lowest BCUT2D eigenvalue weighted by molar-refractivity contribution is 0.733. The van der Waals surface area contributed by atoms with Crippen LogP contribution >= 0.6 is 11.6 Å². The molecule has 0 aliphatic rings. The summed E-state index contributed by atoms with van der Waals surface area (Å²) in [5, 5.41) is 0. The molecule has 0 radical (unpaired) electrons. The third-order valence-corrected chi connectivity index (χ3v) is 2.48. The smallest absolute Gasteiger partial charge is 0.0229 e. The van der Waals surface area contributed by atoms with E-state index in [-0.39, 0.29) is 0 Å². The van der Waals surface area contributed by atoms with E-state index in [4.69, 9.17) is 11.6 Å². The van der Waals surface area contributed by atoms with Crippen molar-refractivity contribution in [3.8, 4) is 0 Å². The van der Waals surface area contributed by atoms with Crippen LogP contribution in [0.3, 0.4) is 0 Å². The van der Waals surface area contributed by atoms with Gasteiger partial charge in [-0.2, -0.15) is 0 Å². The molecule has 0 unspecified atom stereocenters. The van der Waals surface area contributed by atoms with Crippen molar-refractivity contribution in [2.75, 3.05) is 5.88 Å². The van der Waals surface area contributed by atoms with Crippen molar-refractivity contribution in [2.24, 2.45) is 0 Å². The van der Waals surface area contributed by atoms with Crippen molar-refractivity contribution in [1.29, 1.82) is 0 Å². The zero-order chi connectivity index (χ0) is 8.97. The normalized spacial score (nSPS) is 12.9. The summed E-state index contributed by atoms with van der Waals surface area (Å²) in [6.45, 7) is 4.38. The van der Waals surface area contributed by atoms with Crippen LogP contribution in [0.15, 0.2) is 24.3 Å². The van der Waals surface area contributed by atoms with Gasteiger partial charge in [-0.05, 0) is 30.4 Å². The lowest BCUT2D eigenvalue weighted by Crippen LogP contribution is -1.96. The first-order valence-electron chi connectivity index (χ1n) is 4.37. The Bertz CT molecular complexity index is 243. The third kappa shape index (κ3) is 2.25. The lowest BCUT2D eigenvalue weighted by atomic mass is 9.95. The fourth-order valence-corrected chi connectivity index (χ4v) is 1.79. The van der Waals surface area contributed by atoms with Gasteiger partial charge >= 0.3 is 0 Å². The molecule has 66 valence electrons. The summed E-state index contributed by atoms with van der Waals surface area (Å²) >= 11 is 5.70. The zero-order valence-corrected chi connectivity index (χ0v) is 8.43. The molecule has 0 aromatic heterocycles. The Kier molecular flexibility index (Phi) is 3.61. The number of rotatable bonds is 3. The van der Waals surface area contributed by atoms with Crippen molar-refractivity contribution < 1.29 is 0 Å². The molecule has 0 N–H and O–H groups in total. The van der Waals surface area contributed by atoms with Gasteiger partial charge in [-0.3, -0.25) is 0 Å². The van der Waals surface area contributed by atoms with E-state index in [1.165, 1.54) is 11.1 Å². The number of hydrogen-bond acceptors (Lipinski definition) is 0. The molecule has 0 bridgehead atoms. The SMILES string of the molecule is Cc1ccccc1[C@H](C)CCCl. The molecule has 1 heteroatoms. The summed E-state index contributed by atoms with van der Waals surface area (Å²) < 4.78 is 0. The van der Waals surface area contributed by atoms with Gasteiger partial charge in [0.25, 0.3) is 0 Å². The second kappa shape index (κ2) is 4.51. The standard InChI is InChI=1S/C11H15Cl/c1-9-5-3-4-6-11(9)10(2)7-8-12/h3-6,10H,7-8H2,1-2H3/t10-/m1/s1. The highest BCUT2D eigenvalue weighted by Gasteiger charge is 2.05. The molecular formula is C11H15Cl. The fourth-order valence-electron chi connectivity index (χ4n) is 1.46. The Morgan fingerprint density at radius 2 is 2.00 bits per heavy atom. The van der Waals surface area contributed by atoms with Crippen molar-refractivity contribution in [3.63, 3.8) is 0 Å². The van der Waals surface area contributed by atoms with Crippen LogP contribution in [0.1, 0.15) is 30.4 Å². The van der Waals surface area contributed by atoms with Crippen molar-refractivity contribution in [2.45, 2.75) is 26.2 Å². The molecule has 0 heterocycles. The molecule has 0 amide bonds. The summed E-state index contributed by atoms with van der Waals surface area (Å²) in [5.41, 5.74) is 2.80. The molecule has 1 rings (SSSR count). The maximum atomic E-state index is 5.70. The highest BCUT2D eigenvalue weighted by atomic mass is 35.5. The minimum absolute atomic E-state index is 0.587. The van der Waals surface area contributed by atoms with Gasteiger partial charge in [0, 0.05) is 5.88 Å². The highest BCUT2D eigenvalue weighted by molar-refractivity contribution is 6.17. The van der Waals surface area contributed by atoms with Crippen LogP contribution < -0.4 is 0 Å².